The first-order valence-electron chi connectivity index (χ1n) is 4.60. The molecule has 1 rings (SSSR count). The second kappa shape index (κ2) is 7.18. The summed E-state index contributed by atoms with van der Waals surface area (Å²) < 4.78 is 35.3. The first kappa shape index (κ1) is 15.8. The number of thiophene rings is 1. The van der Waals surface area contributed by atoms with E-state index in [9.17, 15) is 22.8 Å². The molecule has 1 heterocycles. The van der Waals surface area contributed by atoms with Crippen molar-refractivity contribution in [2.45, 2.75) is 19.5 Å². The largest absolute Gasteiger partial charge is 0.450 e. The van der Waals surface area contributed by atoms with Crippen LogP contribution in [-0.4, -0.2) is 29.5 Å². The quantitative estimate of drug-likeness (QED) is 0.676. The first-order valence-corrected chi connectivity index (χ1v) is 5.48. The van der Waals surface area contributed by atoms with Crippen molar-refractivity contribution in [2.75, 3.05) is 6.61 Å². The lowest BCUT2D eigenvalue weighted by molar-refractivity contribution is -0.170. The molecule has 0 aliphatic heterocycles. The normalized spacial score (nSPS) is 10.4. The van der Waals surface area contributed by atoms with Gasteiger partial charge in [-0.1, -0.05) is 6.07 Å². The maximum Gasteiger partial charge on any atom is 0.450 e. The molecule has 1 aromatic rings. The van der Waals surface area contributed by atoms with Crippen LogP contribution in [0.25, 0.3) is 0 Å². The van der Waals surface area contributed by atoms with Crippen molar-refractivity contribution in [1.29, 1.82) is 0 Å². The van der Waals surface area contributed by atoms with Crippen molar-refractivity contribution in [3.63, 3.8) is 0 Å². The Morgan fingerprint density at radius 1 is 1.41 bits per heavy atom. The number of carbonyl (C=O) groups is 2. The van der Waals surface area contributed by atoms with Crippen LogP contribution in [0.2, 0.25) is 0 Å². The van der Waals surface area contributed by atoms with Gasteiger partial charge in [-0.2, -0.15) is 13.2 Å². The van der Waals surface area contributed by atoms with Crippen LogP contribution < -0.4 is 0 Å². The highest BCUT2D eigenvalue weighted by Crippen LogP contribution is 2.20. The van der Waals surface area contributed by atoms with Gasteiger partial charge in [-0.25, -0.2) is 0 Å². The molecule has 0 unspecified atom stereocenters. The summed E-state index contributed by atoms with van der Waals surface area (Å²) in [5.74, 6) is -2.79. The molecule has 0 bridgehead atoms. The first-order chi connectivity index (χ1) is 7.82. The number of aliphatic hydroxyl groups excluding tert-OH is 1. The number of carbonyl (C=O) groups excluding carboxylic acids is 2. The highest BCUT2D eigenvalue weighted by molar-refractivity contribution is 7.12. The number of hydrogen-bond donors (Lipinski definition) is 1. The van der Waals surface area contributed by atoms with E-state index in [1.807, 2.05) is 0 Å². The van der Waals surface area contributed by atoms with E-state index < -0.39 is 24.2 Å². The molecule has 0 saturated heterocycles. The fraction of sp³-hybridized carbons (Fsp3) is 0.400. The highest BCUT2D eigenvalue weighted by atomic mass is 32.1. The van der Waals surface area contributed by atoms with Gasteiger partial charge in [0.25, 0.3) is 0 Å². The van der Waals surface area contributed by atoms with Crippen molar-refractivity contribution >= 4 is 22.9 Å². The van der Waals surface area contributed by atoms with Crippen LogP contribution in [0.4, 0.5) is 13.2 Å². The fourth-order valence-corrected chi connectivity index (χ4v) is 1.43. The fourth-order valence-electron chi connectivity index (χ4n) is 0.770. The lowest BCUT2D eigenvalue weighted by Gasteiger charge is -2.02. The number of alkyl halides is 3. The van der Waals surface area contributed by atoms with Crippen LogP contribution in [0.5, 0.6) is 0 Å². The Bertz CT molecular complexity index is 357. The third-order valence-electron chi connectivity index (χ3n) is 1.43. The maximum absolute atomic E-state index is 11.8. The molecule has 1 aromatic heterocycles. The molecule has 0 aromatic carbocycles. The third kappa shape index (κ3) is 6.18. The minimum Gasteiger partial charge on any atom is -0.397 e. The molecule has 3 nitrogen and oxygen atoms in total. The van der Waals surface area contributed by atoms with Gasteiger partial charge < -0.3 is 5.11 Å². The molecule has 0 amide bonds. The minimum atomic E-state index is -4.92. The molecule has 0 aliphatic carbocycles. The number of hydrogen-bond acceptors (Lipinski definition) is 4. The predicted molar refractivity (Wildman–Crippen MR) is 57.1 cm³/mol. The van der Waals surface area contributed by atoms with Crippen LogP contribution in [0, 0.1) is 0 Å². The van der Waals surface area contributed by atoms with E-state index in [0.717, 1.165) is 11.3 Å². The zero-order valence-electron chi connectivity index (χ0n) is 8.95. The van der Waals surface area contributed by atoms with Gasteiger partial charge in [0.1, 0.15) is 0 Å². The van der Waals surface area contributed by atoms with Gasteiger partial charge in [0.05, 0.1) is 11.3 Å². The molecule has 0 radical (unpaired) electrons. The van der Waals surface area contributed by atoms with Gasteiger partial charge in [-0.15, -0.1) is 11.3 Å². The predicted octanol–water partition coefficient (Wildman–Crippen LogP) is 2.45. The molecule has 0 fully saturated rings. The number of rotatable bonds is 3. The lowest BCUT2D eigenvalue weighted by Crippen LogP contribution is -2.25. The maximum atomic E-state index is 11.8. The van der Waals surface area contributed by atoms with Crippen LogP contribution in [0.15, 0.2) is 17.5 Å². The van der Waals surface area contributed by atoms with E-state index in [1.54, 1.807) is 12.3 Å². The molecule has 7 heteroatoms. The Morgan fingerprint density at radius 3 is 2.29 bits per heavy atom. The molecule has 0 atom stereocenters. The van der Waals surface area contributed by atoms with E-state index in [4.69, 9.17) is 5.11 Å². The molecule has 17 heavy (non-hydrogen) atoms. The van der Waals surface area contributed by atoms with Crippen molar-refractivity contribution in [3.05, 3.63) is 22.4 Å². The topological polar surface area (TPSA) is 54.4 Å². The van der Waals surface area contributed by atoms with Crippen molar-refractivity contribution < 1.29 is 27.9 Å². The number of aliphatic hydroxyl groups is 1. The molecule has 0 saturated carbocycles. The van der Waals surface area contributed by atoms with E-state index in [0.29, 0.717) is 0 Å². The summed E-state index contributed by atoms with van der Waals surface area (Å²) in [5.41, 5.74) is 0. The smallest absolute Gasteiger partial charge is 0.397 e. The zero-order valence-corrected chi connectivity index (χ0v) is 9.77. The van der Waals surface area contributed by atoms with Crippen LogP contribution in [0.3, 0.4) is 0 Å². The van der Waals surface area contributed by atoms with Crippen LogP contribution >= 0.6 is 11.3 Å². The Kier molecular flexibility index (Phi) is 6.67. The molecular weight excluding hydrogens is 257 g/mol. The van der Waals surface area contributed by atoms with Crippen molar-refractivity contribution in [3.8, 4) is 0 Å². The van der Waals surface area contributed by atoms with Crippen molar-refractivity contribution in [2.24, 2.45) is 0 Å². The van der Waals surface area contributed by atoms with E-state index in [2.05, 4.69) is 0 Å². The summed E-state index contributed by atoms with van der Waals surface area (Å²) in [6.07, 6.45) is -6.03. The van der Waals surface area contributed by atoms with Gasteiger partial charge in [-0.05, 0) is 18.4 Å². The zero-order chi connectivity index (χ0) is 13.5. The molecule has 96 valence electrons. The molecular formula is C10H11F3O3S. The monoisotopic (exact) mass is 268 g/mol. The summed E-state index contributed by atoms with van der Waals surface area (Å²) in [7, 11) is 0. The van der Waals surface area contributed by atoms with Gasteiger partial charge in [0.15, 0.2) is 5.78 Å². The van der Waals surface area contributed by atoms with Crippen molar-refractivity contribution in [1.82, 2.24) is 0 Å². The average molecular weight is 268 g/mol. The number of ketones is 2. The van der Waals surface area contributed by atoms with Gasteiger partial charge in [0.2, 0.25) is 5.78 Å². The SMILES string of the molecule is CCO.O=C(CC(=O)C(F)(F)F)c1cccs1. The standard InChI is InChI=1S/C8H5F3O2S.C2H6O/c9-8(10,11)7(13)4-5(12)6-2-1-3-14-6;1-2-3/h1-3H,4H2;3H,2H2,1H3. The summed E-state index contributed by atoms with van der Waals surface area (Å²) in [4.78, 5) is 21.7. The second-order valence-electron chi connectivity index (χ2n) is 2.81. The molecule has 0 spiro atoms. The Labute approximate surface area is 99.9 Å². The minimum absolute atomic E-state index is 0.169. The Balaban J connectivity index is 0.000000770. The second-order valence-corrected chi connectivity index (χ2v) is 3.76. The number of Topliss-reactive ketones (excluding diaryl/α,β-unsaturated/α-hetero) is 2. The Hall–Kier alpha value is -1.21. The lowest BCUT2D eigenvalue weighted by atomic mass is 10.2. The van der Waals surface area contributed by atoms with Crippen LogP contribution in [0.1, 0.15) is 23.0 Å². The summed E-state index contributed by atoms with van der Waals surface area (Å²) in [6.45, 7) is 1.93. The van der Waals surface area contributed by atoms with Crippen LogP contribution in [-0.2, 0) is 4.79 Å². The summed E-state index contributed by atoms with van der Waals surface area (Å²) in [6, 6.07) is 2.92. The summed E-state index contributed by atoms with van der Waals surface area (Å²) in [5, 5.41) is 9.13. The van der Waals surface area contributed by atoms with Gasteiger partial charge in [-0.3, -0.25) is 9.59 Å². The Morgan fingerprint density at radius 2 is 1.94 bits per heavy atom. The molecule has 0 aliphatic rings. The average Bonchev–Trinajstić information content (AvgIpc) is 2.69. The third-order valence-corrected chi connectivity index (χ3v) is 2.34. The summed E-state index contributed by atoms with van der Waals surface area (Å²) >= 11 is 1.01. The highest BCUT2D eigenvalue weighted by Gasteiger charge is 2.39. The van der Waals surface area contributed by atoms with Gasteiger partial charge >= 0.3 is 6.18 Å². The number of halogens is 3. The molecule has 1 N–H and O–H groups in total. The van der Waals surface area contributed by atoms with E-state index in [1.165, 1.54) is 12.1 Å². The van der Waals surface area contributed by atoms with Gasteiger partial charge in [0, 0.05) is 6.61 Å². The van der Waals surface area contributed by atoms with E-state index in [-0.39, 0.29) is 11.5 Å². The van der Waals surface area contributed by atoms with E-state index >= 15 is 0 Å².